The summed E-state index contributed by atoms with van der Waals surface area (Å²) in [5.74, 6) is 5.24. The maximum absolute atomic E-state index is 13.5. The number of nitrogens with zero attached hydrogens (tertiary/aromatic N) is 3. The van der Waals surface area contributed by atoms with Crippen molar-refractivity contribution < 1.29 is 13.2 Å². The minimum absolute atomic E-state index is 0.0254. The van der Waals surface area contributed by atoms with Crippen molar-refractivity contribution in [3.05, 3.63) is 23.9 Å². The van der Waals surface area contributed by atoms with Crippen molar-refractivity contribution in [3.8, 4) is 6.07 Å². The Morgan fingerprint density at radius 1 is 1.14 bits per heavy atom. The maximum Gasteiger partial charge on any atom is 0.260 e. The molecular weight excluding hydrogens is 482 g/mol. The van der Waals surface area contributed by atoms with Crippen LogP contribution in [0.4, 0.5) is 0 Å². The van der Waals surface area contributed by atoms with Crippen LogP contribution in [0.1, 0.15) is 84.3 Å². The van der Waals surface area contributed by atoms with Gasteiger partial charge in [-0.05, 0) is 131 Å². The first-order valence-corrected chi connectivity index (χ1v) is 16.1. The van der Waals surface area contributed by atoms with Crippen molar-refractivity contribution in [3.63, 3.8) is 0 Å². The Labute approximate surface area is 224 Å². The Balaban J connectivity index is 1.29. The highest BCUT2D eigenvalue weighted by atomic mass is 32.2. The summed E-state index contributed by atoms with van der Waals surface area (Å²) in [6.45, 7) is 8.44. The van der Waals surface area contributed by atoms with Crippen LogP contribution >= 0.6 is 0 Å². The van der Waals surface area contributed by atoms with E-state index >= 15 is 0 Å². The smallest absolute Gasteiger partial charge is 0.260 e. The van der Waals surface area contributed by atoms with E-state index in [9.17, 15) is 13.7 Å². The molecule has 0 aromatic carbocycles. The molecule has 4 aliphatic rings. The third-order valence-electron chi connectivity index (χ3n) is 11.3. The summed E-state index contributed by atoms with van der Waals surface area (Å²) in [7, 11) is -2.06. The van der Waals surface area contributed by atoms with E-state index in [1.807, 2.05) is 6.07 Å². The quantitative estimate of drug-likeness (QED) is 0.442. The molecule has 204 valence electrons. The number of nitriles is 1. The van der Waals surface area contributed by atoms with E-state index in [1.54, 1.807) is 19.2 Å². The Morgan fingerprint density at radius 2 is 1.92 bits per heavy atom. The molecule has 0 bridgehead atoms. The van der Waals surface area contributed by atoms with Crippen LogP contribution in [0.2, 0.25) is 0 Å². The summed E-state index contributed by atoms with van der Waals surface area (Å²) in [6, 6.07) is 6.51. The largest absolute Gasteiger partial charge is 0.381 e. The first-order valence-electron chi connectivity index (χ1n) is 14.6. The second-order valence-corrected chi connectivity index (χ2v) is 14.7. The first-order chi connectivity index (χ1) is 17.7. The lowest BCUT2D eigenvalue weighted by molar-refractivity contribution is -0.0774. The van der Waals surface area contributed by atoms with Crippen molar-refractivity contribution in [2.24, 2.45) is 46.8 Å². The predicted octanol–water partition coefficient (Wildman–Crippen LogP) is 5.88. The van der Waals surface area contributed by atoms with E-state index in [0.717, 1.165) is 49.2 Å². The van der Waals surface area contributed by atoms with E-state index < -0.39 is 10.0 Å². The van der Waals surface area contributed by atoms with Crippen molar-refractivity contribution in [1.82, 2.24) is 9.29 Å². The van der Waals surface area contributed by atoms with Crippen LogP contribution < -0.4 is 0 Å². The Hall–Kier alpha value is -1.49. The average Bonchev–Trinajstić information content (AvgIpc) is 3.27. The molecule has 1 heterocycles. The van der Waals surface area contributed by atoms with Gasteiger partial charge >= 0.3 is 0 Å². The van der Waals surface area contributed by atoms with Crippen LogP contribution in [0, 0.1) is 58.2 Å². The lowest BCUT2D eigenvalue weighted by Crippen LogP contribution is -2.51. The number of rotatable bonds is 7. The standard InChI is InChI=1S/C30H45N3O3S/c1-5-36-19-21-9-11-24-22(17-21)10-12-26-25(24)15-16-30(3)27(13-14-28(26)30)20(2)33(4)37(34,35)29-8-6-7-23(18-31)32-29/h6-8,20-22,24-28H,5,9-17,19H2,1-4H3/t20-,21+,22-,24+,25?,26-,27-,28?,30-/m1/s1. The van der Waals surface area contributed by atoms with Gasteiger partial charge in [-0.1, -0.05) is 13.0 Å². The van der Waals surface area contributed by atoms with Gasteiger partial charge in [-0.2, -0.15) is 9.57 Å². The third kappa shape index (κ3) is 4.76. The lowest BCUT2D eigenvalue weighted by Gasteiger charge is -2.57. The molecule has 4 saturated carbocycles. The third-order valence-corrected chi connectivity index (χ3v) is 13.2. The van der Waals surface area contributed by atoms with Crippen LogP contribution in [0.25, 0.3) is 0 Å². The van der Waals surface area contributed by atoms with Crippen molar-refractivity contribution in [2.75, 3.05) is 20.3 Å². The molecule has 37 heavy (non-hydrogen) atoms. The van der Waals surface area contributed by atoms with Gasteiger partial charge in [0.25, 0.3) is 10.0 Å². The molecule has 6 nitrogen and oxygen atoms in total. The summed E-state index contributed by atoms with van der Waals surface area (Å²) in [6.07, 6.45) is 11.6. The number of fused-ring (bicyclic) bond motifs is 5. The highest BCUT2D eigenvalue weighted by Gasteiger charge is 2.58. The average molecular weight is 528 g/mol. The Morgan fingerprint density at radius 3 is 2.68 bits per heavy atom. The van der Waals surface area contributed by atoms with Gasteiger partial charge in [-0.3, -0.25) is 0 Å². The van der Waals surface area contributed by atoms with Crippen LogP contribution in [0.15, 0.2) is 23.2 Å². The van der Waals surface area contributed by atoms with E-state index in [2.05, 4.69) is 25.8 Å². The molecule has 2 unspecified atom stereocenters. The SMILES string of the molecule is CCOC[C@H]1CC[C@@H]2C3CC[C@@]4(C)C(CC[C@@H]4[C@@H](C)N(C)S(=O)(=O)c4cccc(C#N)n4)[C@@H]3CC[C@@H]2C1. The number of aromatic nitrogens is 1. The molecule has 4 fully saturated rings. The van der Waals surface area contributed by atoms with Gasteiger partial charge in [0.1, 0.15) is 11.8 Å². The van der Waals surface area contributed by atoms with Gasteiger partial charge in [-0.25, -0.2) is 13.4 Å². The molecule has 0 amide bonds. The summed E-state index contributed by atoms with van der Waals surface area (Å²) in [5, 5.41) is 9.17. The molecule has 1 aromatic rings. The van der Waals surface area contributed by atoms with Crippen molar-refractivity contribution in [2.45, 2.75) is 89.6 Å². The number of pyridine rings is 1. The number of sulfonamides is 1. The van der Waals surface area contributed by atoms with Crippen molar-refractivity contribution in [1.29, 1.82) is 5.26 Å². The van der Waals surface area contributed by atoms with Crippen LogP contribution in [0.5, 0.6) is 0 Å². The summed E-state index contributed by atoms with van der Waals surface area (Å²) >= 11 is 0. The van der Waals surface area contributed by atoms with E-state index in [0.29, 0.717) is 11.8 Å². The zero-order chi connectivity index (χ0) is 26.4. The number of hydrogen-bond donors (Lipinski definition) is 0. The van der Waals surface area contributed by atoms with Gasteiger partial charge in [-0.15, -0.1) is 0 Å². The van der Waals surface area contributed by atoms with Gasteiger partial charge in [0.2, 0.25) is 0 Å². The summed E-state index contributed by atoms with van der Waals surface area (Å²) in [5.41, 5.74) is 0.321. The van der Waals surface area contributed by atoms with E-state index in [-0.39, 0.29) is 22.2 Å². The van der Waals surface area contributed by atoms with Crippen molar-refractivity contribution >= 4 is 10.0 Å². The molecule has 0 N–H and O–H groups in total. The molecule has 7 heteroatoms. The Kier molecular flexibility index (Phi) is 7.75. The lowest BCUT2D eigenvalue weighted by atomic mass is 9.49. The number of hydrogen-bond acceptors (Lipinski definition) is 5. The monoisotopic (exact) mass is 527 g/mol. The molecule has 0 radical (unpaired) electrons. The highest BCUT2D eigenvalue weighted by molar-refractivity contribution is 7.89. The molecule has 1 aromatic heterocycles. The Bertz CT molecular complexity index is 1120. The molecule has 4 aliphatic carbocycles. The topological polar surface area (TPSA) is 83.3 Å². The molecule has 9 atom stereocenters. The van der Waals surface area contributed by atoms with Crippen LogP contribution in [-0.2, 0) is 14.8 Å². The highest BCUT2D eigenvalue weighted by Crippen LogP contribution is 2.65. The maximum atomic E-state index is 13.5. The second-order valence-electron chi connectivity index (χ2n) is 12.7. The molecular formula is C30H45N3O3S. The fourth-order valence-electron chi connectivity index (χ4n) is 9.46. The minimum Gasteiger partial charge on any atom is -0.381 e. The molecule has 0 aliphatic heterocycles. The normalized spacial score (nSPS) is 38.3. The fraction of sp³-hybridized carbons (Fsp3) is 0.800. The van der Waals surface area contributed by atoms with E-state index in [1.165, 1.54) is 61.7 Å². The number of ether oxygens (including phenoxy) is 1. The van der Waals surface area contributed by atoms with Crippen LogP contribution in [-0.4, -0.2) is 44.0 Å². The van der Waals surface area contributed by atoms with Gasteiger partial charge in [0.15, 0.2) is 5.03 Å². The first kappa shape index (κ1) is 27.1. The molecule has 5 rings (SSSR count). The van der Waals surface area contributed by atoms with Gasteiger partial charge in [0, 0.05) is 26.3 Å². The predicted molar refractivity (Wildman–Crippen MR) is 144 cm³/mol. The molecule has 0 saturated heterocycles. The molecule has 0 spiro atoms. The van der Waals surface area contributed by atoms with Gasteiger partial charge < -0.3 is 4.74 Å². The summed E-state index contributed by atoms with van der Waals surface area (Å²) < 4.78 is 34.3. The minimum atomic E-state index is -3.76. The van der Waals surface area contributed by atoms with Crippen LogP contribution in [0.3, 0.4) is 0 Å². The van der Waals surface area contributed by atoms with E-state index in [4.69, 9.17) is 4.74 Å². The van der Waals surface area contributed by atoms with Gasteiger partial charge in [0.05, 0.1) is 0 Å². The zero-order valence-corrected chi connectivity index (χ0v) is 23.9. The fourth-order valence-corrected chi connectivity index (χ4v) is 10.8. The zero-order valence-electron chi connectivity index (χ0n) is 23.1. The second kappa shape index (κ2) is 10.6. The summed E-state index contributed by atoms with van der Waals surface area (Å²) in [4.78, 5) is 4.11.